The van der Waals surface area contributed by atoms with Gasteiger partial charge in [0.25, 0.3) is 0 Å². The summed E-state index contributed by atoms with van der Waals surface area (Å²) >= 11 is 0. The first kappa shape index (κ1) is 14.7. The van der Waals surface area contributed by atoms with Crippen LogP contribution < -0.4 is 19.7 Å². The zero-order valence-electron chi connectivity index (χ0n) is 12.5. The van der Waals surface area contributed by atoms with Crippen LogP contribution in [0.15, 0.2) is 18.2 Å². The van der Waals surface area contributed by atoms with E-state index in [0.29, 0.717) is 24.1 Å². The van der Waals surface area contributed by atoms with E-state index in [0.717, 1.165) is 12.1 Å². The SMILES string of the molecule is COc1cc(OC)cc(N2CCC(NC(C)C)C2=O)c1. The summed E-state index contributed by atoms with van der Waals surface area (Å²) in [5, 5.41) is 3.29. The summed E-state index contributed by atoms with van der Waals surface area (Å²) in [7, 11) is 3.21. The molecular formula is C15H22N2O3. The van der Waals surface area contributed by atoms with Crippen molar-refractivity contribution in [3.63, 3.8) is 0 Å². The summed E-state index contributed by atoms with van der Waals surface area (Å²) in [6, 6.07) is 5.71. The van der Waals surface area contributed by atoms with Gasteiger partial charge in [-0.2, -0.15) is 0 Å². The third-order valence-electron chi connectivity index (χ3n) is 3.39. The Morgan fingerprint density at radius 3 is 2.30 bits per heavy atom. The Hall–Kier alpha value is -1.75. The van der Waals surface area contributed by atoms with Crippen LogP contribution in [-0.4, -0.2) is 38.8 Å². The smallest absolute Gasteiger partial charge is 0.244 e. The van der Waals surface area contributed by atoms with Crippen LogP contribution >= 0.6 is 0 Å². The lowest BCUT2D eigenvalue weighted by Crippen LogP contribution is -2.41. The Kier molecular flexibility index (Phi) is 4.49. The highest BCUT2D eigenvalue weighted by molar-refractivity contribution is 5.99. The van der Waals surface area contributed by atoms with E-state index in [1.165, 1.54) is 0 Å². The van der Waals surface area contributed by atoms with Crippen LogP contribution in [0.4, 0.5) is 5.69 Å². The fourth-order valence-corrected chi connectivity index (χ4v) is 2.44. The van der Waals surface area contributed by atoms with E-state index in [2.05, 4.69) is 5.32 Å². The van der Waals surface area contributed by atoms with Crippen LogP contribution in [-0.2, 0) is 4.79 Å². The van der Waals surface area contributed by atoms with Crippen molar-refractivity contribution in [1.29, 1.82) is 0 Å². The van der Waals surface area contributed by atoms with Crippen molar-refractivity contribution in [1.82, 2.24) is 5.32 Å². The van der Waals surface area contributed by atoms with Crippen molar-refractivity contribution in [3.8, 4) is 11.5 Å². The van der Waals surface area contributed by atoms with Gasteiger partial charge in [-0.15, -0.1) is 0 Å². The Balaban J connectivity index is 2.22. The average molecular weight is 278 g/mol. The van der Waals surface area contributed by atoms with Crippen molar-refractivity contribution >= 4 is 11.6 Å². The number of nitrogens with zero attached hydrogens (tertiary/aromatic N) is 1. The number of rotatable bonds is 5. The van der Waals surface area contributed by atoms with Gasteiger partial charge < -0.3 is 19.7 Å². The van der Waals surface area contributed by atoms with E-state index in [1.807, 2.05) is 26.0 Å². The number of amides is 1. The molecule has 1 aliphatic heterocycles. The maximum atomic E-state index is 12.4. The van der Waals surface area contributed by atoms with Crippen LogP contribution in [0.1, 0.15) is 20.3 Å². The van der Waals surface area contributed by atoms with Crippen molar-refractivity contribution in [2.75, 3.05) is 25.7 Å². The number of carbonyl (C=O) groups is 1. The van der Waals surface area contributed by atoms with E-state index in [1.54, 1.807) is 25.2 Å². The Labute approximate surface area is 119 Å². The van der Waals surface area contributed by atoms with Gasteiger partial charge in [-0.3, -0.25) is 4.79 Å². The first-order valence-corrected chi connectivity index (χ1v) is 6.85. The molecule has 0 aromatic heterocycles. The summed E-state index contributed by atoms with van der Waals surface area (Å²) in [6.45, 7) is 4.80. The van der Waals surface area contributed by atoms with Gasteiger partial charge in [-0.25, -0.2) is 0 Å². The Morgan fingerprint density at radius 2 is 1.80 bits per heavy atom. The van der Waals surface area contributed by atoms with Gasteiger partial charge in [0.2, 0.25) is 5.91 Å². The fourth-order valence-electron chi connectivity index (χ4n) is 2.44. The lowest BCUT2D eigenvalue weighted by molar-refractivity contribution is -0.118. The molecule has 1 saturated heterocycles. The van der Waals surface area contributed by atoms with Gasteiger partial charge in [0, 0.05) is 30.8 Å². The van der Waals surface area contributed by atoms with E-state index in [-0.39, 0.29) is 11.9 Å². The molecule has 1 heterocycles. The van der Waals surface area contributed by atoms with E-state index in [9.17, 15) is 4.79 Å². The molecule has 1 aliphatic rings. The van der Waals surface area contributed by atoms with Crippen LogP contribution in [0.2, 0.25) is 0 Å². The summed E-state index contributed by atoms with van der Waals surface area (Å²) in [5.41, 5.74) is 0.819. The van der Waals surface area contributed by atoms with E-state index in [4.69, 9.17) is 9.47 Å². The lowest BCUT2D eigenvalue weighted by Gasteiger charge is -2.19. The van der Waals surface area contributed by atoms with Crippen LogP contribution in [0.25, 0.3) is 0 Å². The Bertz CT molecular complexity index is 466. The zero-order chi connectivity index (χ0) is 14.7. The zero-order valence-corrected chi connectivity index (χ0v) is 12.5. The van der Waals surface area contributed by atoms with Crippen LogP contribution in [0.3, 0.4) is 0 Å². The summed E-state index contributed by atoms with van der Waals surface area (Å²) < 4.78 is 10.5. The van der Waals surface area contributed by atoms with Crippen molar-refractivity contribution in [2.45, 2.75) is 32.4 Å². The molecule has 0 spiro atoms. The highest BCUT2D eigenvalue weighted by Gasteiger charge is 2.33. The standard InChI is InChI=1S/C15H22N2O3/c1-10(2)16-14-5-6-17(15(14)18)11-7-12(19-3)9-13(8-11)20-4/h7-10,14,16H,5-6H2,1-4H3. The van der Waals surface area contributed by atoms with Crippen molar-refractivity contribution in [3.05, 3.63) is 18.2 Å². The molecule has 110 valence electrons. The minimum Gasteiger partial charge on any atom is -0.497 e. The number of nitrogens with one attached hydrogen (secondary N) is 1. The molecular weight excluding hydrogens is 256 g/mol. The molecule has 1 N–H and O–H groups in total. The maximum absolute atomic E-state index is 12.4. The molecule has 5 nitrogen and oxygen atoms in total. The quantitative estimate of drug-likeness (QED) is 0.892. The summed E-state index contributed by atoms with van der Waals surface area (Å²) in [6.07, 6.45) is 0.816. The molecule has 1 aromatic rings. The topological polar surface area (TPSA) is 50.8 Å². The van der Waals surface area contributed by atoms with E-state index < -0.39 is 0 Å². The van der Waals surface area contributed by atoms with Gasteiger partial charge >= 0.3 is 0 Å². The van der Waals surface area contributed by atoms with Gasteiger partial charge in [0.15, 0.2) is 0 Å². The molecule has 5 heteroatoms. The minimum atomic E-state index is -0.104. The highest BCUT2D eigenvalue weighted by atomic mass is 16.5. The number of hydrogen-bond acceptors (Lipinski definition) is 4. The molecule has 0 radical (unpaired) electrons. The van der Waals surface area contributed by atoms with Crippen LogP contribution in [0.5, 0.6) is 11.5 Å². The first-order valence-electron chi connectivity index (χ1n) is 6.85. The predicted octanol–water partition coefficient (Wildman–Crippen LogP) is 1.81. The number of methoxy groups -OCH3 is 2. The molecule has 2 rings (SSSR count). The summed E-state index contributed by atoms with van der Waals surface area (Å²) in [5.74, 6) is 1.48. The van der Waals surface area contributed by atoms with Crippen molar-refractivity contribution in [2.24, 2.45) is 0 Å². The highest BCUT2D eigenvalue weighted by Crippen LogP contribution is 2.30. The van der Waals surface area contributed by atoms with Gasteiger partial charge in [0.05, 0.1) is 25.9 Å². The molecule has 0 bridgehead atoms. The normalized spacial score (nSPS) is 18.8. The molecule has 1 fully saturated rings. The Morgan fingerprint density at radius 1 is 1.20 bits per heavy atom. The largest absolute Gasteiger partial charge is 0.497 e. The molecule has 20 heavy (non-hydrogen) atoms. The number of hydrogen-bond donors (Lipinski definition) is 1. The molecule has 1 atom stereocenters. The van der Waals surface area contributed by atoms with Gasteiger partial charge in [-0.1, -0.05) is 13.8 Å². The fraction of sp³-hybridized carbons (Fsp3) is 0.533. The molecule has 1 unspecified atom stereocenters. The van der Waals surface area contributed by atoms with E-state index >= 15 is 0 Å². The molecule has 0 saturated carbocycles. The average Bonchev–Trinajstić information content (AvgIpc) is 2.79. The first-order chi connectivity index (χ1) is 9.55. The second-order valence-corrected chi connectivity index (χ2v) is 5.22. The third kappa shape index (κ3) is 3.04. The van der Waals surface area contributed by atoms with Crippen LogP contribution in [0, 0.1) is 0 Å². The second-order valence-electron chi connectivity index (χ2n) is 5.22. The predicted molar refractivity (Wildman–Crippen MR) is 78.6 cm³/mol. The summed E-state index contributed by atoms with van der Waals surface area (Å²) in [4.78, 5) is 14.2. The molecule has 0 aliphatic carbocycles. The number of carbonyl (C=O) groups excluding carboxylic acids is 1. The number of ether oxygens (including phenoxy) is 2. The van der Waals surface area contributed by atoms with Gasteiger partial charge in [-0.05, 0) is 6.42 Å². The second kappa shape index (κ2) is 6.13. The third-order valence-corrected chi connectivity index (χ3v) is 3.39. The minimum absolute atomic E-state index is 0.104. The molecule has 1 amide bonds. The lowest BCUT2D eigenvalue weighted by atomic mass is 10.2. The van der Waals surface area contributed by atoms with Gasteiger partial charge in [0.1, 0.15) is 11.5 Å². The van der Waals surface area contributed by atoms with Crippen molar-refractivity contribution < 1.29 is 14.3 Å². The number of benzene rings is 1. The number of anilines is 1. The maximum Gasteiger partial charge on any atom is 0.244 e. The monoisotopic (exact) mass is 278 g/mol. The molecule has 1 aromatic carbocycles.